The lowest BCUT2D eigenvalue weighted by Crippen LogP contribution is -2.42. The molecule has 0 bridgehead atoms. The van der Waals surface area contributed by atoms with Gasteiger partial charge in [-0.3, -0.25) is 0 Å². The number of halogens is 2. The molecule has 1 aliphatic rings. The van der Waals surface area contributed by atoms with Crippen molar-refractivity contribution in [3.8, 4) is 11.1 Å². The summed E-state index contributed by atoms with van der Waals surface area (Å²) in [5, 5.41) is 0.599. The first-order chi connectivity index (χ1) is 18.0. The van der Waals surface area contributed by atoms with Crippen LogP contribution in [-0.4, -0.2) is 46.9 Å². The van der Waals surface area contributed by atoms with E-state index in [1.807, 2.05) is 22.8 Å². The highest BCUT2D eigenvalue weighted by atomic mass is 35.5. The molecule has 0 atom stereocenters. The van der Waals surface area contributed by atoms with Crippen LogP contribution >= 0.6 is 11.6 Å². The molecule has 194 valence electrons. The highest BCUT2D eigenvalue weighted by Gasteiger charge is 2.26. The molecule has 0 unspecified atom stereocenters. The molecule has 0 spiro atoms. The van der Waals surface area contributed by atoms with Gasteiger partial charge in [-0.2, -0.15) is 0 Å². The summed E-state index contributed by atoms with van der Waals surface area (Å²) in [7, 11) is 1.73. The fraction of sp³-hybridized carbons (Fsp3) is 0.379. The van der Waals surface area contributed by atoms with E-state index in [1.165, 1.54) is 6.07 Å². The summed E-state index contributed by atoms with van der Waals surface area (Å²) >= 11 is 6.70. The van der Waals surface area contributed by atoms with E-state index in [9.17, 15) is 4.39 Å². The summed E-state index contributed by atoms with van der Waals surface area (Å²) in [6.07, 6.45) is 8.63. The predicted octanol–water partition coefficient (Wildman–Crippen LogP) is 6.05. The Labute approximate surface area is 222 Å². The number of hydrogen-bond acceptors (Lipinski definition) is 5. The second-order valence-corrected chi connectivity index (χ2v) is 10.2. The molecule has 2 aromatic carbocycles. The number of anilines is 1. The van der Waals surface area contributed by atoms with Crippen molar-refractivity contribution in [1.82, 2.24) is 14.5 Å². The SMILES string of the molecule is COCCCN(c1cc(-c2ccc3ncn(Cc4cccc(F)c4)c3c2)c(Cl)cn1)[C@H]1CC[C@H](N)CC1. The Morgan fingerprint density at radius 3 is 2.73 bits per heavy atom. The van der Waals surface area contributed by atoms with Gasteiger partial charge in [0.15, 0.2) is 0 Å². The maximum absolute atomic E-state index is 13.7. The lowest BCUT2D eigenvalue weighted by Gasteiger charge is -2.37. The van der Waals surface area contributed by atoms with Crippen LogP contribution in [0.25, 0.3) is 22.2 Å². The van der Waals surface area contributed by atoms with Gasteiger partial charge in [0.2, 0.25) is 0 Å². The number of hydrogen-bond donors (Lipinski definition) is 1. The Balaban J connectivity index is 1.47. The van der Waals surface area contributed by atoms with Crippen LogP contribution in [0.2, 0.25) is 5.02 Å². The average molecular weight is 522 g/mol. The van der Waals surface area contributed by atoms with Gasteiger partial charge in [0.05, 0.1) is 22.4 Å². The normalized spacial score (nSPS) is 17.8. The first-order valence-electron chi connectivity index (χ1n) is 12.9. The van der Waals surface area contributed by atoms with Crippen molar-refractivity contribution in [1.29, 1.82) is 0 Å². The lowest BCUT2D eigenvalue weighted by molar-refractivity contribution is 0.194. The minimum Gasteiger partial charge on any atom is -0.385 e. The number of nitrogens with zero attached hydrogens (tertiary/aromatic N) is 4. The van der Waals surface area contributed by atoms with Gasteiger partial charge in [-0.15, -0.1) is 0 Å². The van der Waals surface area contributed by atoms with Crippen LogP contribution in [0, 0.1) is 5.82 Å². The maximum atomic E-state index is 13.7. The Morgan fingerprint density at radius 1 is 1.11 bits per heavy atom. The van der Waals surface area contributed by atoms with Crippen molar-refractivity contribution in [3.05, 3.63) is 77.5 Å². The average Bonchev–Trinajstić information content (AvgIpc) is 3.30. The monoisotopic (exact) mass is 521 g/mol. The van der Waals surface area contributed by atoms with E-state index in [-0.39, 0.29) is 11.9 Å². The van der Waals surface area contributed by atoms with Crippen molar-refractivity contribution in [2.75, 3.05) is 25.2 Å². The highest BCUT2D eigenvalue weighted by molar-refractivity contribution is 6.33. The number of aromatic nitrogens is 3. The van der Waals surface area contributed by atoms with Crippen molar-refractivity contribution < 1.29 is 9.13 Å². The van der Waals surface area contributed by atoms with Gasteiger partial charge in [-0.25, -0.2) is 14.4 Å². The van der Waals surface area contributed by atoms with Crippen molar-refractivity contribution in [2.45, 2.75) is 50.7 Å². The minimum atomic E-state index is -0.242. The van der Waals surface area contributed by atoms with Crippen LogP contribution in [0.5, 0.6) is 0 Å². The molecule has 2 N–H and O–H groups in total. The quantitative estimate of drug-likeness (QED) is 0.271. The Morgan fingerprint density at radius 2 is 1.95 bits per heavy atom. The zero-order valence-electron chi connectivity index (χ0n) is 21.1. The number of pyridine rings is 1. The van der Waals surface area contributed by atoms with Crippen LogP contribution in [0.4, 0.5) is 10.2 Å². The standard InChI is InChI=1S/C29H33ClFN5O/c1-37-13-3-12-36(24-9-7-23(32)8-10-24)29-16-25(26(30)17-33-29)21-6-11-27-28(15-21)35(19-34-27)18-20-4-2-5-22(31)14-20/h2,4-6,11,14-17,19,23-24H,3,7-10,12-13,18,32H2,1H3/t23-,24-. The number of imidazole rings is 1. The first-order valence-corrected chi connectivity index (χ1v) is 13.3. The molecule has 4 aromatic rings. The van der Waals surface area contributed by atoms with Gasteiger partial charge in [0, 0.05) is 50.7 Å². The zero-order chi connectivity index (χ0) is 25.8. The summed E-state index contributed by atoms with van der Waals surface area (Å²) in [5.74, 6) is 0.679. The van der Waals surface area contributed by atoms with E-state index in [2.05, 4.69) is 22.0 Å². The topological polar surface area (TPSA) is 69.2 Å². The van der Waals surface area contributed by atoms with E-state index in [0.29, 0.717) is 24.2 Å². The van der Waals surface area contributed by atoms with E-state index in [0.717, 1.165) is 72.2 Å². The van der Waals surface area contributed by atoms with Crippen LogP contribution in [-0.2, 0) is 11.3 Å². The molecule has 2 aromatic heterocycles. The highest BCUT2D eigenvalue weighted by Crippen LogP contribution is 2.34. The molecule has 1 fully saturated rings. The number of benzene rings is 2. The summed E-state index contributed by atoms with van der Waals surface area (Å²) in [6, 6.07) is 15.6. The molecule has 0 saturated heterocycles. The molecule has 0 radical (unpaired) electrons. The summed E-state index contributed by atoms with van der Waals surface area (Å²) in [5.41, 5.74) is 10.8. The van der Waals surface area contributed by atoms with Crippen LogP contribution < -0.4 is 10.6 Å². The number of methoxy groups -OCH3 is 1. The second-order valence-electron chi connectivity index (χ2n) is 9.84. The predicted molar refractivity (Wildman–Crippen MR) is 148 cm³/mol. The summed E-state index contributed by atoms with van der Waals surface area (Å²) in [4.78, 5) is 11.7. The van der Waals surface area contributed by atoms with E-state index < -0.39 is 0 Å². The Kier molecular flexibility index (Phi) is 8.03. The number of fused-ring (bicyclic) bond motifs is 1. The third kappa shape index (κ3) is 5.95. The largest absolute Gasteiger partial charge is 0.385 e. The molecule has 8 heteroatoms. The summed E-state index contributed by atoms with van der Waals surface area (Å²) < 4.78 is 21.1. The fourth-order valence-electron chi connectivity index (χ4n) is 5.26. The molecule has 0 aliphatic heterocycles. The molecule has 5 rings (SSSR count). The van der Waals surface area contributed by atoms with Crippen LogP contribution in [0.1, 0.15) is 37.7 Å². The van der Waals surface area contributed by atoms with Crippen molar-refractivity contribution in [3.63, 3.8) is 0 Å². The summed E-state index contributed by atoms with van der Waals surface area (Å²) in [6.45, 7) is 2.10. The maximum Gasteiger partial charge on any atom is 0.129 e. The molecule has 1 aliphatic carbocycles. The third-order valence-electron chi connectivity index (χ3n) is 7.24. The number of nitrogens with two attached hydrogens (primary N) is 1. The van der Waals surface area contributed by atoms with Crippen molar-refractivity contribution in [2.24, 2.45) is 5.73 Å². The molecule has 2 heterocycles. The van der Waals surface area contributed by atoms with Crippen LogP contribution in [0.3, 0.4) is 0 Å². The number of rotatable bonds is 9. The fourth-order valence-corrected chi connectivity index (χ4v) is 5.48. The van der Waals surface area contributed by atoms with E-state index in [4.69, 9.17) is 27.1 Å². The smallest absolute Gasteiger partial charge is 0.129 e. The Hall–Kier alpha value is -3.00. The van der Waals surface area contributed by atoms with E-state index in [1.54, 1.807) is 31.8 Å². The minimum absolute atomic E-state index is 0.242. The van der Waals surface area contributed by atoms with Gasteiger partial charge < -0.3 is 19.9 Å². The molecule has 6 nitrogen and oxygen atoms in total. The van der Waals surface area contributed by atoms with Gasteiger partial charge in [0.25, 0.3) is 0 Å². The molecule has 37 heavy (non-hydrogen) atoms. The van der Waals surface area contributed by atoms with E-state index >= 15 is 0 Å². The molecule has 1 saturated carbocycles. The van der Waals surface area contributed by atoms with Crippen molar-refractivity contribution >= 4 is 28.5 Å². The van der Waals surface area contributed by atoms with Gasteiger partial charge in [-0.1, -0.05) is 29.8 Å². The van der Waals surface area contributed by atoms with Gasteiger partial charge in [-0.05, 0) is 73.6 Å². The molecular formula is C29H33ClFN5O. The zero-order valence-corrected chi connectivity index (χ0v) is 21.9. The first kappa shape index (κ1) is 25.6. The number of ether oxygens (including phenoxy) is 1. The third-order valence-corrected chi connectivity index (χ3v) is 7.54. The molecular weight excluding hydrogens is 489 g/mol. The van der Waals surface area contributed by atoms with Gasteiger partial charge >= 0.3 is 0 Å². The van der Waals surface area contributed by atoms with Crippen LogP contribution in [0.15, 0.2) is 61.1 Å². The second kappa shape index (κ2) is 11.6. The molecule has 0 amide bonds. The van der Waals surface area contributed by atoms with Gasteiger partial charge in [0.1, 0.15) is 11.6 Å². The Bertz CT molecular complexity index is 1350. The lowest BCUT2D eigenvalue weighted by atomic mass is 9.90.